The van der Waals surface area contributed by atoms with Crippen LogP contribution in [0.4, 0.5) is 0 Å². The van der Waals surface area contributed by atoms with Gasteiger partial charge in [-0.1, -0.05) is 38.1 Å². The Bertz CT molecular complexity index is 400. The van der Waals surface area contributed by atoms with E-state index in [9.17, 15) is 0 Å². The van der Waals surface area contributed by atoms with Crippen molar-refractivity contribution in [3.8, 4) is 0 Å². The number of nitrogens with zero attached hydrogens (tertiary/aromatic N) is 1. The molecule has 2 unspecified atom stereocenters. The van der Waals surface area contributed by atoms with Gasteiger partial charge in [-0.2, -0.15) is 0 Å². The summed E-state index contributed by atoms with van der Waals surface area (Å²) in [6.07, 6.45) is 2.44. The fourth-order valence-corrected chi connectivity index (χ4v) is 3.04. The van der Waals surface area contributed by atoms with Gasteiger partial charge in [0.2, 0.25) is 0 Å². The molecule has 1 aliphatic rings. The minimum absolute atomic E-state index is 0.592. The molecule has 0 amide bonds. The fourth-order valence-electron chi connectivity index (χ4n) is 3.04. The van der Waals surface area contributed by atoms with E-state index in [4.69, 9.17) is 0 Å². The normalized spacial score (nSPS) is 20.6. The second kappa shape index (κ2) is 6.53. The molecular formula is C17H28N2. The lowest BCUT2D eigenvalue weighted by molar-refractivity contribution is 0.201. The van der Waals surface area contributed by atoms with Gasteiger partial charge in [0.1, 0.15) is 0 Å². The molecule has 2 nitrogen and oxygen atoms in total. The number of hydrogen-bond acceptors (Lipinski definition) is 2. The molecule has 19 heavy (non-hydrogen) atoms. The molecule has 0 aliphatic carbocycles. The van der Waals surface area contributed by atoms with E-state index < -0.39 is 0 Å². The Kier molecular flexibility index (Phi) is 5.00. The Morgan fingerprint density at radius 3 is 2.58 bits per heavy atom. The quantitative estimate of drug-likeness (QED) is 0.875. The number of rotatable bonds is 5. The molecule has 1 N–H and O–H groups in total. The van der Waals surface area contributed by atoms with Crippen LogP contribution in [0.3, 0.4) is 0 Å². The second-order valence-electron chi connectivity index (χ2n) is 6.47. The lowest BCUT2D eigenvalue weighted by atomic mass is 9.95. The summed E-state index contributed by atoms with van der Waals surface area (Å²) in [5, 5.41) is 3.67. The summed E-state index contributed by atoms with van der Waals surface area (Å²) >= 11 is 0. The van der Waals surface area contributed by atoms with Crippen LogP contribution in [0, 0.1) is 5.92 Å². The minimum atomic E-state index is 0.592. The van der Waals surface area contributed by atoms with Crippen LogP contribution in [0.1, 0.15) is 38.3 Å². The minimum Gasteiger partial charge on any atom is -0.308 e. The Morgan fingerprint density at radius 1 is 1.21 bits per heavy atom. The molecule has 2 rings (SSSR count). The molecule has 2 atom stereocenters. The highest BCUT2D eigenvalue weighted by Crippen LogP contribution is 2.18. The van der Waals surface area contributed by atoms with Crippen LogP contribution in [0.2, 0.25) is 0 Å². The van der Waals surface area contributed by atoms with Crippen molar-refractivity contribution in [2.75, 3.05) is 13.6 Å². The van der Waals surface area contributed by atoms with Gasteiger partial charge in [-0.25, -0.2) is 0 Å². The summed E-state index contributed by atoms with van der Waals surface area (Å²) in [6.45, 7) is 9.12. The molecule has 0 aromatic heterocycles. The van der Waals surface area contributed by atoms with Gasteiger partial charge in [0, 0.05) is 25.2 Å². The first-order chi connectivity index (χ1) is 9.06. The highest BCUT2D eigenvalue weighted by Gasteiger charge is 2.20. The molecule has 106 valence electrons. The fraction of sp³-hybridized carbons (Fsp3) is 0.647. The monoisotopic (exact) mass is 260 g/mol. The summed E-state index contributed by atoms with van der Waals surface area (Å²) in [5.41, 5.74) is 2.99. The first-order valence-corrected chi connectivity index (χ1v) is 7.56. The lowest BCUT2D eigenvalue weighted by Gasteiger charge is -2.33. The standard InChI is InChI=1S/C17H28N2/c1-13(2)9-14(3)19(4)12-17-10-15-7-5-6-8-16(15)11-18-17/h5-8,13-14,17-18H,9-12H2,1-4H3. The summed E-state index contributed by atoms with van der Waals surface area (Å²) in [5.74, 6) is 0.775. The third kappa shape index (κ3) is 4.05. The molecule has 1 aromatic rings. The van der Waals surface area contributed by atoms with Crippen molar-refractivity contribution in [3.05, 3.63) is 35.4 Å². The van der Waals surface area contributed by atoms with Crippen LogP contribution in [-0.2, 0) is 13.0 Å². The zero-order valence-corrected chi connectivity index (χ0v) is 12.8. The van der Waals surface area contributed by atoms with Gasteiger partial charge in [0.25, 0.3) is 0 Å². The maximum Gasteiger partial charge on any atom is 0.0238 e. The van der Waals surface area contributed by atoms with Crippen molar-refractivity contribution in [3.63, 3.8) is 0 Å². The lowest BCUT2D eigenvalue weighted by Crippen LogP contribution is -2.46. The van der Waals surface area contributed by atoms with E-state index >= 15 is 0 Å². The summed E-state index contributed by atoms with van der Waals surface area (Å²) < 4.78 is 0. The SMILES string of the molecule is CC(C)CC(C)N(C)CC1Cc2ccccc2CN1. The Labute approximate surface area is 118 Å². The van der Waals surface area contributed by atoms with Gasteiger partial charge in [0.15, 0.2) is 0 Å². The van der Waals surface area contributed by atoms with Crippen LogP contribution < -0.4 is 5.32 Å². The van der Waals surface area contributed by atoms with Crippen LogP contribution in [0.5, 0.6) is 0 Å². The molecule has 0 saturated heterocycles. The highest BCUT2D eigenvalue weighted by molar-refractivity contribution is 5.29. The van der Waals surface area contributed by atoms with Gasteiger partial charge in [-0.05, 0) is 43.9 Å². The molecule has 0 bridgehead atoms. The van der Waals surface area contributed by atoms with Gasteiger partial charge in [-0.3, -0.25) is 0 Å². The summed E-state index contributed by atoms with van der Waals surface area (Å²) in [6, 6.07) is 10.1. The predicted octanol–water partition coefficient (Wildman–Crippen LogP) is 3.07. The second-order valence-corrected chi connectivity index (χ2v) is 6.47. The van der Waals surface area contributed by atoms with Gasteiger partial charge < -0.3 is 10.2 Å². The zero-order valence-electron chi connectivity index (χ0n) is 12.8. The van der Waals surface area contributed by atoms with E-state index in [2.05, 4.69) is 62.3 Å². The van der Waals surface area contributed by atoms with E-state index in [1.54, 1.807) is 0 Å². The summed E-state index contributed by atoms with van der Waals surface area (Å²) in [4.78, 5) is 2.51. The van der Waals surface area contributed by atoms with Gasteiger partial charge in [-0.15, -0.1) is 0 Å². The van der Waals surface area contributed by atoms with E-state index in [-0.39, 0.29) is 0 Å². The average molecular weight is 260 g/mol. The molecule has 0 radical (unpaired) electrons. The number of nitrogens with one attached hydrogen (secondary N) is 1. The third-order valence-electron chi connectivity index (χ3n) is 4.24. The number of fused-ring (bicyclic) bond motifs is 1. The van der Waals surface area contributed by atoms with Gasteiger partial charge in [0.05, 0.1) is 0 Å². The zero-order chi connectivity index (χ0) is 13.8. The first-order valence-electron chi connectivity index (χ1n) is 7.56. The molecule has 0 saturated carbocycles. The largest absolute Gasteiger partial charge is 0.308 e. The molecule has 0 spiro atoms. The number of hydrogen-bond donors (Lipinski definition) is 1. The third-order valence-corrected chi connectivity index (χ3v) is 4.24. The Morgan fingerprint density at radius 2 is 1.89 bits per heavy atom. The van der Waals surface area contributed by atoms with Crippen LogP contribution in [0.25, 0.3) is 0 Å². The highest BCUT2D eigenvalue weighted by atomic mass is 15.1. The maximum absolute atomic E-state index is 3.67. The van der Waals surface area contributed by atoms with Crippen molar-refractivity contribution in [2.45, 2.75) is 52.2 Å². The molecule has 1 heterocycles. The van der Waals surface area contributed by atoms with Crippen LogP contribution in [0.15, 0.2) is 24.3 Å². The number of likely N-dealkylation sites (N-methyl/N-ethyl adjacent to an activating group) is 1. The smallest absolute Gasteiger partial charge is 0.0238 e. The van der Waals surface area contributed by atoms with E-state index in [1.807, 2.05) is 0 Å². The van der Waals surface area contributed by atoms with Crippen molar-refractivity contribution in [2.24, 2.45) is 5.92 Å². The molecule has 1 aliphatic heterocycles. The molecular weight excluding hydrogens is 232 g/mol. The van der Waals surface area contributed by atoms with Crippen molar-refractivity contribution < 1.29 is 0 Å². The summed E-state index contributed by atoms with van der Waals surface area (Å²) in [7, 11) is 2.26. The molecule has 2 heteroatoms. The first kappa shape index (κ1) is 14.5. The van der Waals surface area contributed by atoms with E-state index in [1.165, 1.54) is 17.5 Å². The van der Waals surface area contributed by atoms with Crippen molar-refractivity contribution in [1.82, 2.24) is 10.2 Å². The van der Waals surface area contributed by atoms with Crippen molar-refractivity contribution >= 4 is 0 Å². The predicted molar refractivity (Wildman–Crippen MR) is 82.3 cm³/mol. The number of benzene rings is 1. The van der Waals surface area contributed by atoms with E-state index in [0.717, 1.165) is 25.4 Å². The average Bonchev–Trinajstić information content (AvgIpc) is 2.37. The van der Waals surface area contributed by atoms with Crippen LogP contribution >= 0.6 is 0 Å². The Balaban J connectivity index is 1.88. The molecule has 0 fully saturated rings. The topological polar surface area (TPSA) is 15.3 Å². The Hall–Kier alpha value is -0.860. The van der Waals surface area contributed by atoms with E-state index in [0.29, 0.717) is 12.1 Å². The van der Waals surface area contributed by atoms with Crippen molar-refractivity contribution in [1.29, 1.82) is 0 Å². The maximum atomic E-state index is 3.67. The van der Waals surface area contributed by atoms with Gasteiger partial charge >= 0.3 is 0 Å². The molecule has 1 aromatic carbocycles. The van der Waals surface area contributed by atoms with Crippen LogP contribution in [-0.4, -0.2) is 30.6 Å².